The first kappa shape index (κ1) is 9.69. The molecule has 2 nitrogen and oxygen atoms in total. The number of allylic oxidation sites excluding steroid dienone is 4. The third-order valence-corrected chi connectivity index (χ3v) is 2.46. The van der Waals surface area contributed by atoms with Gasteiger partial charge in [-0.1, -0.05) is 24.3 Å². The molecule has 1 saturated heterocycles. The van der Waals surface area contributed by atoms with E-state index in [1.54, 1.807) is 0 Å². The van der Waals surface area contributed by atoms with E-state index in [0.717, 1.165) is 19.6 Å². The first-order chi connectivity index (χ1) is 6.88. The second kappa shape index (κ2) is 4.58. The molecule has 1 atom stereocenters. The Morgan fingerprint density at radius 3 is 3.00 bits per heavy atom. The lowest BCUT2D eigenvalue weighted by atomic mass is 10.0. The van der Waals surface area contributed by atoms with E-state index in [0.29, 0.717) is 12.7 Å². The summed E-state index contributed by atoms with van der Waals surface area (Å²) in [5.41, 5.74) is 2.65. The highest BCUT2D eigenvalue weighted by molar-refractivity contribution is 5.35. The Morgan fingerprint density at radius 2 is 2.43 bits per heavy atom. The minimum atomic E-state index is 0.370. The molecule has 2 aliphatic rings. The van der Waals surface area contributed by atoms with Crippen molar-refractivity contribution in [3.05, 3.63) is 35.5 Å². The summed E-state index contributed by atoms with van der Waals surface area (Å²) in [6, 6.07) is 0. The summed E-state index contributed by atoms with van der Waals surface area (Å²) in [6.45, 7) is 4.39. The van der Waals surface area contributed by atoms with E-state index in [1.807, 2.05) is 0 Å². The fourth-order valence-corrected chi connectivity index (χ4v) is 1.39. The molecule has 0 aromatic carbocycles. The molecule has 0 aromatic heterocycles. The van der Waals surface area contributed by atoms with Crippen molar-refractivity contribution in [2.45, 2.75) is 19.4 Å². The fourth-order valence-electron chi connectivity index (χ4n) is 1.39. The topological polar surface area (TPSA) is 21.8 Å². The van der Waals surface area contributed by atoms with Crippen molar-refractivity contribution in [1.82, 2.24) is 0 Å². The van der Waals surface area contributed by atoms with E-state index < -0.39 is 0 Å². The molecule has 1 aliphatic carbocycles. The van der Waals surface area contributed by atoms with Crippen LogP contribution in [0, 0.1) is 0 Å². The predicted octanol–water partition coefficient (Wildman–Crippen LogP) is 2.23. The van der Waals surface area contributed by atoms with Gasteiger partial charge in [0, 0.05) is 0 Å². The van der Waals surface area contributed by atoms with Gasteiger partial charge in [0.25, 0.3) is 0 Å². The van der Waals surface area contributed by atoms with Crippen molar-refractivity contribution >= 4 is 0 Å². The maximum Gasteiger partial charge on any atom is 0.104 e. The molecule has 0 saturated carbocycles. The predicted molar refractivity (Wildman–Crippen MR) is 56.2 cm³/mol. The average Bonchev–Trinajstić information content (AvgIpc) is 3.03. The number of rotatable bonds is 4. The summed E-state index contributed by atoms with van der Waals surface area (Å²) >= 11 is 0. The molecule has 0 radical (unpaired) electrons. The molecule has 1 aliphatic heterocycles. The van der Waals surface area contributed by atoms with Crippen LogP contribution in [0.2, 0.25) is 0 Å². The van der Waals surface area contributed by atoms with Crippen LogP contribution in [0.1, 0.15) is 13.3 Å². The van der Waals surface area contributed by atoms with Crippen LogP contribution < -0.4 is 0 Å². The highest BCUT2D eigenvalue weighted by Crippen LogP contribution is 2.16. The molecule has 0 N–H and O–H groups in total. The van der Waals surface area contributed by atoms with Crippen LogP contribution in [-0.4, -0.2) is 25.9 Å². The third-order valence-electron chi connectivity index (χ3n) is 2.46. The molecule has 1 fully saturated rings. The van der Waals surface area contributed by atoms with Crippen LogP contribution in [0.4, 0.5) is 0 Å². The Hall–Kier alpha value is -0.860. The molecule has 0 amide bonds. The molecule has 2 rings (SSSR count). The van der Waals surface area contributed by atoms with Gasteiger partial charge < -0.3 is 9.47 Å². The lowest BCUT2D eigenvalue weighted by Gasteiger charge is -2.09. The van der Waals surface area contributed by atoms with E-state index in [4.69, 9.17) is 9.47 Å². The molecule has 2 heteroatoms. The second-order valence-corrected chi connectivity index (χ2v) is 3.65. The smallest absolute Gasteiger partial charge is 0.104 e. The number of hydrogen-bond donors (Lipinski definition) is 0. The Bertz CT molecular complexity index is 283. The summed E-state index contributed by atoms with van der Waals surface area (Å²) in [5.74, 6) is 0. The maximum atomic E-state index is 5.50. The monoisotopic (exact) mass is 192 g/mol. The largest absolute Gasteiger partial charge is 0.374 e. The van der Waals surface area contributed by atoms with Gasteiger partial charge in [-0.25, -0.2) is 0 Å². The molecule has 76 valence electrons. The highest BCUT2D eigenvalue weighted by atomic mass is 16.6. The van der Waals surface area contributed by atoms with Gasteiger partial charge in [-0.2, -0.15) is 0 Å². The van der Waals surface area contributed by atoms with Crippen LogP contribution in [0.5, 0.6) is 0 Å². The zero-order chi connectivity index (χ0) is 9.80. The van der Waals surface area contributed by atoms with Crippen molar-refractivity contribution in [1.29, 1.82) is 0 Å². The van der Waals surface area contributed by atoms with Gasteiger partial charge in [0.2, 0.25) is 0 Å². The normalized spacial score (nSPS) is 27.9. The summed E-state index contributed by atoms with van der Waals surface area (Å²) < 4.78 is 10.6. The van der Waals surface area contributed by atoms with Crippen molar-refractivity contribution in [2.75, 3.05) is 19.8 Å². The van der Waals surface area contributed by atoms with Crippen LogP contribution in [-0.2, 0) is 9.47 Å². The SMILES string of the molecule is CC=C1C=CC(COCC2CO2)=CC1. The van der Waals surface area contributed by atoms with Gasteiger partial charge in [0.15, 0.2) is 0 Å². The maximum absolute atomic E-state index is 5.50. The molecular weight excluding hydrogens is 176 g/mol. The number of hydrogen-bond acceptors (Lipinski definition) is 2. The van der Waals surface area contributed by atoms with Crippen molar-refractivity contribution in [2.24, 2.45) is 0 Å². The van der Waals surface area contributed by atoms with Crippen molar-refractivity contribution < 1.29 is 9.47 Å². The molecule has 0 bridgehead atoms. The Morgan fingerprint density at radius 1 is 1.57 bits per heavy atom. The second-order valence-electron chi connectivity index (χ2n) is 3.65. The standard InChI is InChI=1S/C12H16O2/c1-2-10-3-5-11(6-4-10)7-13-8-12-9-14-12/h2-3,5-6,12H,4,7-9H2,1H3. The van der Waals surface area contributed by atoms with E-state index in [1.165, 1.54) is 11.1 Å². The minimum absolute atomic E-state index is 0.370. The van der Waals surface area contributed by atoms with E-state index in [2.05, 4.69) is 31.2 Å². The molecule has 1 heterocycles. The Labute approximate surface area is 84.9 Å². The van der Waals surface area contributed by atoms with E-state index >= 15 is 0 Å². The van der Waals surface area contributed by atoms with Crippen molar-refractivity contribution in [3.63, 3.8) is 0 Å². The Kier molecular flexibility index (Phi) is 3.17. The van der Waals surface area contributed by atoms with Gasteiger partial charge in [-0.05, 0) is 24.5 Å². The summed E-state index contributed by atoms with van der Waals surface area (Å²) in [7, 11) is 0. The summed E-state index contributed by atoms with van der Waals surface area (Å²) in [6.07, 6.45) is 10.1. The van der Waals surface area contributed by atoms with Crippen LogP contribution in [0.3, 0.4) is 0 Å². The van der Waals surface area contributed by atoms with Gasteiger partial charge in [-0.3, -0.25) is 0 Å². The minimum Gasteiger partial charge on any atom is -0.374 e. The molecule has 1 unspecified atom stereocenters. The molecule has 0 aromatic rings. The van der Waals surface area contributed by atoms with Gasteiger partial charge in [-0.15, -0.1) is 0 Å². The lowest BCUT2D eigenvalue weighted by Crippen LogP contribution is -2.05. The van der Waals surface area contributed by atoms with Crippen LogP contribution >= 0.6 is 0 Å². The first-order valence-electron chi connectivity index (χ1n) is 5.10. The zero-order valence-corrected chi connectivity index (χ0v) is 8.53. The zero-order valence-electron chi connectivity index (χ0n) is 8.53. The highest BCUT2D eigenvalue weighted by Gasteiger charge is 2.22. The number of ether oxygens (including phenoxy) is 2. The third kappa shape index (κ3) is 2.82. The summed E-state index contributed by atoms with van der Waals surface area (Å²) in [5, 5.41) is 0. The average molecular weight is 192 g/mol. The van der Waals surface area contributed by atoms with Crippen LogP contribution in [0.15, 0.2) is 35.5 Å². The number of epoxide rings is 1. The van der Waals surface area contributed by atoms with Gasteiger partial charge in [0.1, 0.15) is 6.10 Å². The fraction of sp³-hybridized carbons (Fsp3) is 0.500. The summed E-state index contributed by atoms with van der Waals surface area (Å²) in [4.78, 5) is 0. The Balaban J connectivity index is 1.71. The molecule has 0 spiro atoms. The quantitative estimate of drug-likeness (QED) is 0.637. The first-order valence-corrected chi connectivity index (χ1v) is 5.10. The van der Waals surface area contributed by atoms with E-state index in [-0.39, 0.29) is 0 Å². The van der Waals surface area contributed by atoms with Crippen molar-refractivity contribution in [3.8, 4) is 0 Å². The molecular formula is C12H16O2. The van der Waals surface area contributed by atoms with Gasteiger partial charge in [0.05, 0.1) is 19.8 Å². The van der Waals surface area contributed by atoms with Gasteiger partial charge >= 0.3 is 0 Å². The molecule has 14 heavy (non-hydrogen) atoms. The van der Waals surface area contributed by atoms with E-state index in [9.17, 15) is 0 Å². The van der Waals surface area contributed by atoms with Crippen LogP contribution in [0.25, 0.3) is 0 Å². The lowest BCUT2D eigenvalue weighted by molar-refractivity contribution is 0.137.